The largest absolute Gasteiger partial charge is 0.444 e. The normalized spacial score (nSPS) is 13.8. The molecule has 128 valence electrons. The topological polar surface area (TPSA) is 76.7 Å². The maximum Gasteiger partial charge on any atom is 0.408 e. The summed E-state index contributed by atoms with van der Waals surface area (Å²) in [6.45, 7) is 7.52. The molecule has 1 aromatic rings. The molecule has 0 unspecified atom stereocenters. The molecule has 1 aromatic carbocycles. The van der Waals surface area contributed by atoms with Crippen LogP contribution in [-0.2, 0) is 14.3 Å². The van der Waals surface area contributed by atoms with Gasteiger partial charge in [-0.15, -0.1) is 0 Å². The highest BCUT2D eigenvalue weighted by Gasteiger charge is 2.26. The minimum Gasteiger partial charge on any atom is -0.444 e. The van der Waals surface area contributed by atoms with E-state index in [1.54, 1.807) is 40.0 Å². The summed E-state index contributed by atoms with van der Waals surface area (Å²) in [5, 5.41) is 5.44. The van der Waals surface area contributed by atoms with Gasteiger partial charge < -0.3 is 20.1 Å². The van der Waals surface area contributed by atoms with Crippen LogP contribution in [0.25, 0.3) is 0 Å². The van der Waals surface area contributed by atoms with Gasteiger partial charge in [0, 0.05) is 13.2 Å². The van der Waals surface area contributed by atoms with Gasteiger partial charge in [-0.25, -0.2) is 4.79 Å². The maximum atomic E-state index is 12.5. The fourth-order valence-electron chi connectivity index (χ4n) is 1.99. The SMILES string of the molecule is COC[C@H](C)NC(=O)[C@H](NC(=O)OC(C)(C)C)c1ccccc1. The number of carbonyl (C=O) groups is 2. The van der Waals surface area contributed by atoms with Gasteiger partial charge in [-0.05, 0) is 33.3 Å². The first-order chi connectivity index (χ1) is 10.7. The summed E-state index contributed by atoms with van der Waals surface area (Å²) in [6.07, 6.45) is -0.638. The number of rotatable bonds is 6. The molecule has 6 heteroatoms. The fourth-order valence-corrected chi connectivity index (χ4v) is 1.99. The van der Waals surface area contributed by atoms with Crippen molar-refractivity contribution in [2.75, 3.05) is 13.7 Å². The molecule has 1 rings (SSSR count). The van der Waals surface area contributed by atoms with Gasteiger partial charge in [0.2, 0.25) is 5.91 Å². The van der Waals surface area contributed by atoms with E-state index in [0.717, 1.165) is 0 Å². The van der Waals surface area contributed by atoms with Crippen LogP contribution in [0.5, 0.6) is 0 Å². The van der Waals surface area contributed by atoms with E-state index in [2.05, 4.69) is 10.6 Å². The van der Waals surface area contributed by atoms with Crippen molar-refractivity contribution in [2.45, 2.75) is 45.4 Å². The average Bonchev–Trinajstić information content (AvgIpc) is 2.44. The highest BCUT2D eigenvalue weighted by Crippen LogP contribution is 2.15. The molecule has 23 heavy (non-hydrogen) atoms. The lowest BCUT2D eigenvalue weighted by molar-refractivity contribution is -0.124. The fraction of sp³-hybridized carbons (Fsp3) is 0.529. The molecule has 2 amide bonds. The molecule has 2 N–H and O–H groups in total. The minimum atomic E-state index is -0.828. The van der Waals surface area contributed by atoms with E-state index in [1.807, 2.05) is 25.1 Å². The van der Waals surface area contributed by atoms with Gasteiger partial charge >= 0.3 is 6.09 Å². The Kier molecular flexibility index (Phi) is 7.03. The quantitative estimate of drug-likeness (QED) is 0.843. The predicted octanol–water partition coefficient (Wildman–Crippen LogP) is 2.40. The predicted molar refractivity (Wildman–Crippen MR) is 88.0 cm³/mol. The number of methoxy groups -OCH3 is 1. The molecule has 0 saturated carbocycles. The lowest BCUT2D eigenvalue weighted by Gasteiger charge is -2.24. The van der Waals surface area contributed by atoms with E-state index in [0.29, 0.717) is 12.2 Å². The van der Waals surface area contributed by atoms with Crippen LogP contribution in [0.1, 0.15) is 39.3 Å². The van der Waals surface area contributed by atoms with Crippen molar-refractivity contribution in [3.63, 3.8) is 0 Å². The molecule has 0 radical (unpaired) electrons. The van der Waals surface area contributed by atoms with Gasteiger partial charge in [-0.3, -0.25) is 4.79 Å². The monoisotopic (exact) mass is 322 g/mol. The van der Waals surface area contributed by atoms with Crippen LogP contribution in [0.2, 0.25) is 0 Å². The second kappa shape index (κ2) is 8.53. The van der Waals surface area contributed by atoms with Crippen molar-refractivity contribution >= 4 is 12.0 Å². The molecule has 0 fully saturated rings. The van der Waals surface area contributed by atoms with Gasteiger partial charge in [-0.1, -0.05) is 30.3 Å². The number of hydrogen-bond donors (Lipinski definition) is 2. The van der Waals surface area contributed by atoms with Crippen molar-refractivity contribution in [2.24, 2.45) is 0 Å². The lowest BCUT2D eigenvalue weighted by Crippen LogP contribution is -2.45. The molecular formula is C17H26N2O4. The molecule has 0 spiro atoms. The summed E-state index contributed by atoms with van der Waals surface area (Å²) in [5.41, 5.74) is 0.0472. The van der Waals surface area contributed by atoms with Crippen molar-refractivity contribution in [1.29, 1.82) is 0 Å². The van der Waals surface area contributed by atoms with E-state index < -0.39 is 17.7 Å². The van der Waals surface area contributed by atoms with E-state index in [4.69, 9.17) is 9.47 Å². The lowest BCUT2D eigenvalue weighted by atomic mass is 10.1. The van der Waals surface area contributed by atoms with Gasteiger partial charge in [0.05, 0.1) is 6.61 Å². The second-order valence-corrected chi connectivity index (χ2v) is 6.35. The van der Waals surface area contributed by atoms with Gasteiger partial charge in [0.1, 0.15) is 11.6 Å². The zero-order chi connectivity index (χ0) is 17.5. The molecule has 0 bridgehead atoms. The van der Waals surface area contributed by atoms with Crippen LogP contribution < -0.4 is 10.6 Å². The molecular weight excluding hydrogens is 296 g/mol. The minimum absolute atomic E-state index is 0.167. The number of ether oxygens (including phenoxy) is 2. The van der Waals surface area contributed by atoms with E-state index in [-0.39, 0.29) is 11.9 Å². The Labute approximate surface area is 137 Å². The van der Waals surface area contributed by atoms with Crippen molar-refractivity contribution in [3.8, 4) is 0 Å². The summed E-state index contributed by atoms with van der Waals surface area (Å²) in [7, 11) is 1.57. The first-order valence-corrected chi connectivity index (χ1v) is 7.56. The van der Waals surface area contributed by atoms with Crippen LogP contribution in [0.15, 0.2) is 30.3 Å². The summed E-state index contributed by atoms with van der Waals surface area (Å²) in [4.78, 5) is 24.5. The number of benzene rings is 1. The van der Waals surface area contributed by atoms with Crippen molar-refractivity contribution < 1.29 is 19.1 Å². The van der Waals surface area contributed by atoms with Crippen LogP contribution in [-0.4, -0.2) is 37.4 Å². The maximum absolute atomic E-state index is 12.5. The smallest absolute Gasteiger partial charge is 0.408 e. The first kappa shape index (κ1) is 19.0. The Hall–Kier alpha value is -2.08. The van der Waals surface area contributed by atoms with E-state index in [9.17, 15) is 9.59 Å². The van der Waals surface area contributed by atoms with Gasteiger partial charge in [0.15, 0.2) is 0 Å². The van der Waals surface area contributed by atoms with E-state index >= 15 is 0 Å². The third-order valence-electron chi connectivity index (χ3n) is 2.86. The Morgan fingerprint density at radius 2 is 1.74 bits per heavy atom. The number of alkyl carbamates (subject to hydrolysis) is 1. The van der Waals surface area contributed by atoms with Gasteiger partial charge in [0.25, 0.3) is 0 Å². The Bertz CT molecular complexity index is 511. The molecule has 0 aromatic heterocycles. The van der Waals surface area contributed by atoms with Gasteiger partial charge in [-0.2, -0.15) is 0 Å². The first-order valence-electron chi connectivity index (χ1n) is 7.56. The molecule has 0 aliphatic heterocycles. The number of hydrogen-bond acceptors (Lipinski definition) is 4. The summed E-state index contributed by atoms with van der Waals surface area (Å²) in [5.74, 6) is -0.313. The standard InChI is InChI=1S/C17H26N2O4/c1-12(11-22-5)18-15(20)14(13-9-7-6-8-10-13)19-16(21)23-17(2,3)4/h6-10,12,14H,11H2,1-5H3,(H,18,20)(H,19,21)/t12-,14+/m0/s1. The molecule has 0 aliphatic carbocycles. The van der Waals surface area contributed by atoms with Crippen LogP contribution >= 0.6 is 0 Å². The van der Waals surface area contributed by atoms with E-state index in [1.165, 1.54) is 0 Å². The highest BCUT2D eigenvalue weighted by molar-refractivity contribution is 5.87. The number of nitrogens with one attached hydrogen (secondary N) is 2. The Balaban J connectivity index is 2.86. The summed E-state index contributed by atoms with van der Waals surface area (Å²) < 4.78 is 10.2. The average molecular weight is 322 g/mol. The highest BCUT2D eigenvalue weighted by atomic mass is 16.6. The van der Waals surface area contributed by atoms with Crippen molar-refractivity contribution in [3.05, 3.63) is 35.9 Å². The molecule has 0 heterocycles. The zero-order valence-electron chi connectivity index (χ0n) is 14.4. The Morgan fingerprint density at radius 3 is 2.26 bits per heavy atom. The molecule has 2 atom stereocenters. The third-order valence-corrected chi connectivity index (χ3v) is 2.86. The molecule has 6 nitrogen and oxygen atoms in total. The number of amides is 2. The van der Waals surface area contributed by atoms with Crippen LogP contribution in [0.3, 0.4) is 0 Å². The van der Waals surface area contributed by atoms with Crippen LogP contribution in [0.4, 0.5) is 4.79 Å². The summed E-state index contributed by atoms with van der Waals surface area (Å²) in [6, 6.07) is 8.03. The van der Waals surface area contributed by atoms with Crippen LogP contribution in [0, 0.1) is 0 Å². The summed E-state index contributed by atoms with van der Waals surface area (Å²) >= 11 is 0. The van der Waals surface area contributed by atoms with Crippen molar-refractivity contribution in [1.82, 2.24) is 10.6 Å². The zero-order valence-corrected chi connectivity index (χ0v) is 14.4. The molecule has 0 aliphatic rings. The second-order valence-electron chi connectivity index (χ2n) is 6.35. The molecule has 0 saturated heterocycles. The third kappa shape index (κ3) is 7.15. The number of carbonyl (C=O) groups excluding carboxylic acids is 2. The Morgan fingerprint density at radius 1 is 1.13 bits per heavy atom.